The molecule has 0 aliphatic rings. The van der Waals surface area contributed by atoms with Crippen LogP contribution in [0.2, 0.25) is 0 Å². The van der Waals surface area contributed by atoms with Crippen molar-refractivity contribution in [2.75, 3.05) is 27.3 Å². The zero-order chi connectivity index (χ0) is 17.7. The van der Waals surface area contributed by atoms with Crippen molar-refractivity contribution >= 4 is 11.3 Å². The number of hydrogen-bond donors (Lipinski definition) is 1. The number of rotatable bonds is 7. The molecular weight excluding hydrogens is 341 g/mol. The van der Waals surface area contributed by atoms with E-state index in [0.717, 1.165) is 17.8 Å². The number of aliphatic hydroxyl groups excluding tert-OH is 1. The Bertz CT molecular complexity index is 644. The van der Waals surface area contributed by atoms with Crippen molar-refractivity contribution in [3.8, 4) is 10.6 Å². The molecule has 0 amide bonds. The van der Waals surface area contributed by atoms with Gasteiger partial charge in [0.1, 0.15) is 5.01 Å². The zero-order valence-corrected chi connectivity index (χ0v) is 14.2. The fourth-order valence-corrected chi connectivity index (χ4v) is 3.08. The molecule has 0 radical (unpaired) electrons. The van der Waals surface area contributed by atoms with Gasteiger partial charge in [-0.2, -0.15) is 13.2 Å². The Morgan fingerprint density at radius 2 is 1.96 bits per heavy atom. The van der Waals surface area contributed by atoms with Gasteiger partial charge in [-0.15, -0.1) is 11.3 Å². The number of ether oxygens (including phenoxy) is 1. The Balaban J connectivity index is 2.00. The summed E-state index contributed by atoms with van der Waals surface area (Å²) in [7, 11) is 3.38. The molecule has 8 heteroatoms. The fraction of sp³-hybridized carbons (Fsp3) is 0.438. The lowest BCUT2D eigenvalue weighted by Gasteiger charge is -2.18. The lowest BCUT2D eigenvalue weighted by molar-refractivity contribution is -0.137. The second-order valence-electron chi connectivity index (χ2n) is 5.53. The molecule has 24 heavy (non-hydrogen) atoms. The van der Waals surface area contributed by atoms with Crippen LogP contribution in [0.25, 0.3) is 10.6 Å². The van der Waals surface area contributed by atoms with E-state index in [1.54, 1.807) is 0 Å². The van der Waals surface area contributed by atoms with Gasteiger partial charge in [0.25, 0.3) is 0 Å². The van der Waals surface area contributed by atoms with Crippen molar-refractivity contribution in [1.82, 2.24) is 9.88 Å². The molecule has 0 spiro atoms. The van der Waals surface area contributed by atoms with Crippen LogP contribution in [0.4, 0.5) is 13.2 Å². The Morgan fingerprint density at radius 3 is 2.54 bits per heavy atom. The third-order valence-electron chi connectivity index (χ3n) is 3.32. The number of thiazole rings is 1. The lowest BCUT2D eigenvalue weighted by atomic mass is 10.1. The van der Waals surface area contributed by atoms with Crippen LogP contribution < -0.4 is 0 Å². The normalized spacial score (nSPS) is 13.5. The monoisotopic (exact) mass is 360 g/mol. The molecule has 0 fully saturated rings. The Hall–Kier alpha value is -1.48. The first-order chi connectivity index (χ1) is 11.3. The van der Waals surface area contributed by atoms with Crippen LogP contribution in [0, 0.1) is 0 Å². The van der Waals surface area contributed by atoms with Gasteiger partial charge in [-0.1, -0.05) is 12.1 Å². The van der Waals surface area contributed by atoms with Crippen molar-refractivity contribution in [3.63, 3.8) is 0 Å². The minimum Gasteiger partial charge on any atom is -0.389 e. The minimum atomic E-state index is -4.34. The van der Waals surface area contributed by atoms with Gasteiger partial charge in [0.05, 0.1) is 24.0 Å². The third kappa shape index (κ3) is 5.27. The number of hydrogen-bond acceptors (Lipinski definition) is 5. The van der Waals surface area contributed by atoms with E-state index >= 15 is 0 Å². The summed E-state index contributed by atoms with van der Waals surface area (Å²) in [6, 6.07) is 4.97. The van der Waals surface area contributed by atoms with Crippen molar-refractivity contribution < 1.29 is 23.0 Å². The van der Waals surface area contributed by atoms with Crippen LogP contribution in [0.3, 0.4) is 0 Å². The van der Waals surface area contributed by atoms with E-state index in [4.69, 9.17) is 4.74 Å². The predicted octanol–water partition coefficient (Wildman–Crippen LogP) is 3.27. The maximum atomic E-state index is 12.6. The number of aliphatic hydroxyl groups is 1. The maximum absolute atomic E-state index is 12.6. The van der Waals surface area contributed by atoms with Crippen LogP contribution >= 0.6 is 11.3 Å². The van der Waals surface area contributed by atoms with Crippen molar-refractivity contribution in [3.05, 3.63) is 40.9 Å². The van der Waals surface area contributed by atoms with E-state index in [2.05, 4.69) is 4.98 Å². The van der Waals surface area contributed by atoms with Gasteiger partial charge >= 0.3 is 6.18 Å². The molecule has 2 aromatic rings. The summed E-state index contributed by atoms with van der Waals surface area (Å²) in [5.74, 6) is 0. The zero-order valence-electron chi connectivity index (χ0n) is 13.4. The first-order valence-corrected chi connectivity index (χ1v) is 8.15. The molecule has 4 nitrogen and oxygen atoms in total. The minimum absolute atomic E-state index is 0.262. The standard InChI is InChI=1S/C16H19F3N2O2S/c1-21(8-14(22)9-23-2)7-13-10-24-15(20-13)11-3-5-12(6-4-11)16(17,18)19/h3-6,10,14,22H,7-9H2,1-2H3. The SMILES string of the molecule is COCC(O)CN(C)Cc1csc(-c2ccc(C(F)(F)F)cc2)n1. The molecule has 1 aromatic heterocycles. The summed E-state index contributed by atoms with van der Waals surface area (Å²) in [6.07, 6.45) is -4.91. The van der Waals surface area contributed by atoms with Gasteiger partial charge in [0, 0.05) is 31.1 Å². The average Bonchev–Trinajstić information content (AvgIpc) is 2.95. The first kappa shape index (κ1) is 18.9. The summed E-state index contributed by atoms with van der Waals surface area (Å²) >= 11 is 1.38. The number of likely N-dealkylation sites (N-methyl/N-ethyl adjacent to an activating group) is 1. The largest absolute Gasteiger partial charge is 0.416 e. The van der Waals surface area contributed by atoms with Crippen LogP contribution in [0.15, 0.2) is 29.6 Å². The van der Waals surface area contributed by atoms with E-state index in [1.807, 2.05) is 17.3 Å². The molecule has 1 N–H and O–H groups in total. The summed E-state index contributed by atoms with van der Waals surface area (Å²) in [5.41, 5.74) is 0.790. The van der Waals surface area contributed by atoms with E-state index in [0.29, 0.717) is 23.7 Å². The van der Waals surface area contributed by atoms with E-state index in [1.165, 1.54) is 30.6 Å². The van der Waals surface area contributed by atoms with E-state index < -0.39 is 17.8 Å². The second kappa shape index (κ2) is 8.06. The number of benzene rings is 1. The summed E-state index contributed by atoms with van der Waals surface area (Å²) < 4.78 is 42.6. The lowest BCUT2D eigenvalue weighted by Crippen LogP contribution is -2.31. The van der Waals surface area contributed by atoms with Crippen molar-refractivity contribution in [2.24, 2.45) is 0 Å². The first-order valence-electron chi connectivity index (χ1n) is 7.27. The van der Waals surface area contributed by atoms with Gasteiger partial charge in [-0.05, 0) is 19.2 Å². The predicted molar refractivity (Wildman–Crippen MR) is 86.8 cm³/mol. The quantitative estimate of drug-likeness (QED) is 0.823. The van der Waals surface area contributed by atoms with E-state index in [-0.39, 0.29) is 6.61 Å². The highest BCUT2D eigenvalue weighted by Crippen LogP contribution is 2.31. The molecule has 0 bridgehead atoms. The maximum Gasteiger partial charge on any atom is 0.416 e. The third-order valence-corrected chi connectivity index (χ3v) is 4.26. The smallest absolute Gasteiger partial charge is 0.389 e. The van der Waals surface area contributed by atoms with Crippen LogP contribution in [0.5, 0.6) is 0 Å². The Morgan fingerprint density at radius 1 is 1.29 bits per heavy atom. The molecule has 0 aliphatic heterocycles. The van der Waals surface area contributed by atoms with Crippen LogP contribution in [0.1, 0.15) is 11.3 Å². The highest BCUT2D eigenvalue weighted by Gasteiger charge is 2.30. The number of alkyl halides is 3. The Labute approximate surface area is 142 Å². The molecule has 0 aliphatic carbocycles. The second-order valence-corrected chi connectivity index (χ2v) is 6.38. The summed E-state index contributed by atoms with van der Waals surface area (Å²) in [5, 5.41) is 12.2. The molecule has 1 atom stereocenters. The molecule has 132 valence electrons. The molecule has 0 saturated carbocycles. The van der Waals surface area contributed by atoms with Gasteiger partial charge in [0.2, 0.25) is 0 Å². The Kier molecular flexibility index (Phi) is 6.34. The number of halogens is 3. The highest BCUT2D eigenvalue weighted by atomic mass is 32.1. The molecule has 0 saturated heterocycles. The van der Waals surface area contributed by atoms with Gasteiger partial charge in [-0.25, -0.2) is 4.98 Å². The number of nitrogens with zero attached hydrogens (tertiary/aromatic N) is 2. The van der Waals surface area contributed by atoms with Gasteiger partial charge in [-0.3, -0.25) is 4.90 Å². The topological polar surface area (TPSA) is 45.6 Å². The number of methoxy groups -OCH3 is 1. The van der Waals surface area contributed by atoms with Crippen LogP contribution in [-0.4, -0.2) is 48.4 Å². The van der Waals surface area contributed by atoms with Crippen molar-refractivity contribution in [1.29, 1.82) is 0 Å². The fourth-order valence-electron chi connectivity index (χ4n) is 2.26. The van der Waals surface area contributed by atoms with Crippen molar-refractivity contribution in [2.45, 2.75) is 18.8 Å². The average molecular weight is 360 g/mol. The number of aromatic nitrogens is 1. The van der Waals surface area contributed by atoms with Crippen LogP contribution in [-0.2, 0) is 17.5 Å². The molecular formula is C16H19F3N2O2S. The summed E-state index contributed by atoms with van der Waals surface area (Å²) in [4.78, 5) is 6.36. The van der Waals surface area contributed by atoms with E-state index in [9.17, 15) is 18.3 Å². The van der Waals surface area contributed by atoms with Gasteiger partial charge in [0.15, 0.2) is 0 Å². The summed E-state index contributed by atoms with van der Waals surface area (Å²) in [6.45, 7) is 1.25. The molecule has 1 unspecified atom stereocenters. The molecule has 1 aromatic carbocycles. The molecule has 2 rings (SSSR count). The molecule has 1 heterocycles. The van der Waals surface area contributed by atoms with Gasteiger partial charge < -0.3 is 9.84 Å². The highest BCUT2D eigenvalue weighted by molar-refractivity contribution is 7.13.